The third kappa shape index (κ3) is 4.50. The SMILES string of the molecule is O=C(NCc1ccco1)c1cccc(S(=O)(=O)Nc2ccc(F)c(F)c2)c1. The normalized spacial score (nSPS) is 11.2. The van der Waals surface area contributed by atoms with Gasteiger partial charge in [0.25, 0.3) is 15.9 Å². The van der Waals surface area contributed by atoms with E-state index in [1.54, 1.807) is 12.1 Å². The number of sulfonamides is 1. The molecule has 3 rings (SSSR count). The van der Waals surface area contributed by atoms with Crippen LogP contribution in [0.3, 0.4) is 0 Å². The summed E-state index contributed by atoms with van der Waals surface area (Å²) in [6.07, 6.45) is 1.47. The molecule has 140 valence electrons. The predicted octanol–water partition coefficient (Wildman–Crippen LogP) is 3.29. The van der Waals surface area contributed by atoms with Crippen LogP contribution in [0.4, 0.5) is 14.5 Å². The first-order chi connectivity index (χ1) is 12.8. The first-order valence-electron chi connectivity index (χ1n) is 7.74. The molecule has 1 amide bonds. The molecule has 0 saturated heterocycles. The maximum Gasteiger partial charge on any atom is 0.261 e. The lowest BCUT2D eigenvalue weighted by molar-refractivity contribution is 0.0948. The van der Waals surface area contributed by atoms with Gasteiger partial charge in [0.1, 0.15) is 5.76 Å². The number of hydrogen-bond acceptors (Lipinski definition) is 4. The number of furan rings is 1. The van der Waals surface area contributed by atoms with Crippen molar-refractivity contribution in [1.82, 2.24) is 5.32 Å². The molecule has 0 unspecified atom stereocenters. The van der Waals surface area contributed by atoms with Crippen molar-refractivity contribution in [2.45, 2.75) is 11.4 Å². The van der Waals surface area contributed by atoms with Gasteiger partial charge in [0, 0.05) is 11.6 Å². The fraction of sp³-hybridized carbons (Fsp3) is 0.0556. The molecule has 0 aliphatic heterocycles. The number of rotatable bonds is 6. The molecule has 9 heteroatoms. The van der Waals surface area contributed by atoms with E-state index in [4.69, 9.17) is 4.42 Å². The second-order valence-corrected chi connectivity index (χ2v) is 7.21. The summed E-state index contributed by atoms with van der Waals surface area (Å²) in [5.41, 5.74) is -0.0173. The highest BCUT2D eigenvalue weighted by Gasteiger charge is 2.17. The highest BCUT2D eigenvalue weighted by molar-refractivity contribution is 7.92. The number of amides is 1. The maximum absolute atomic E-state index is 13.3. The van der Waals surface area contributed by atoms with Gasteiger partial charge in [-0.05, 0) is 42.5 Å². The largest absolute Gasteiger partial charge is 0.467 e. The zero-order valence-electron chi connectivity index (χ0n) is 13.8. The molecule has 0 aliphatic carbocycles. The Bertz CT molecular complexity index is 1070. The highest BCUT2D eigenvalue weighted by Crippen LogP contribution is 2.19. The zero-order chi connectivity index (χ0) is 19.4. The molecule has 0 atom stereocenters. The fourth-order valence-electron chi connectivity index (χ4n) is 2.26. The van der Waals surface area contributed by atoms with E-state index in [1.807, 2.05) is 0 Å². The van der Waals surface area contributed by atoms with Gasteiger partial charge in [-0.25, -0.2) is 17.2 Å². The van der Waals surface area contributed by atoms with Crippen molar-refractivity contribution in [2.24, 2.45) is 0 Å². The quantitative estimate of drug-likeness (QED) is 0.674. The van der Waals surface area contributed by atoms with Gasteiger partial charge in [-0.2, -0.15) is 0 Å². The molecule has 27 heavy (non-hydrogen) atoms. The number of nitrogens with one attached hydrogen (secondary N) is 2. The van der Waals surface area contributed by atoms with Crippen LogP contribution in [0.1, 0.15) is 16.1 Å². The molecular formula is C18H14F2N2O4S. The van der Waals surface area contributed by atoms with Gasteiger partial charge in [-0.3, -0.25) is 9.52 Å². The van der Waals surface area contributed by atoms with Crippen LogP contribution in [0.2, 0.25) is 0 Å². The minimum absolute atomic E-state index is 0.120. The second kappa shape index (κ2) is 7.58. The van der Waals surface area contributed by atoms with Gasteiger partial charge in [0.2, 0.25) is 0 Å². The van der Waals surface area contributed by atoms with Gasteiger partial charge in [-0.1, -0.05) is 6.07 Å². The Balaban J connectivity index is 1.76. The third-order valence-corrected chi connectivity index (χ3v) is 4.96. The van der Waals surface area contributed by atoms with Crippen molar-refractivity contribution in [3.8, 4) is 0 Å². The maximum atomic E-state index is 13.3. The molecule has 0 aliphatic rings. The molecule has 1 aromatic heterocycles. The van der Waals surface area contributed by atoms with Gasteiger partial charge in [0.15, 0.2) is 11.6 Å². The Morgan fingerprint density at radius 2 is 1.81 bits per heavy atom. The van der Waals surface area contributed by atoms with E-state index in [0.29, 0.717) is 5.76 Å². The number of carbonyl (C=O) groups excluding carboxylic acids is 1. The van der Waals surface area contributed by atoms with Crippen LogP contribution in [0, 0.1) is 11.6 Å². The third-order valence-electron chi connectivity index (χ3n) is 3.58. The Kier molecular flexibility index (Phi) is 5.22. The summed E-state index contributed by atoms with van der Waals surface area (Å²) >= 11 is 0. The summed E-state index contributed by atoms with van der Waals surface area (Å²) in [6.45, 7) is 0.149. The smallest absolute Gasteiger partial charge is 0.261 e. The molecule has 2 N–H and O–H groups in total. The molecule has 0 spiro atoms. The van der Waals surface area contributed by atoms with Crippen LogP contribution in [0.25, 0.3) is 0 Å². The molecule has 1 heterocycles. The lowest BCUT2D eigenvalue weighted by atomic mass is 10.2. The standard InChI is InChI=1S/C18H14F2N2O4S/c19-16-7-6-13(10-17(16)20)22-27(24,25)15-5-1-3-12(9-15)18(23)21-11-14-4-2-8-26-14/h1-10,22H,11H2,(H,21,23). The fourth-order valence-corrected chi connectivity index (χ4v) is 3.36. The molecule has 0 saturated carbocycles. The van der Waals surface area contributed by atoms with Gasteiger partial charge in [-0.15, -0.1) is 0 Å². The minimum Gasteiger partial charge on any atom is -0.467 e. The monoisotopic (exact) mass is 392 g/mol. The summed E-state index contributed by atoms with van der Waals surface area (Å²) in [5.74, 6) is -2.21. The van der Waals surface area contributed by atoms with E-state index in [9.17, 15) is 22.0 Å². The summed E-state index contributed by atoms with van der Waals surface area (Å²) in [5, 5.41) is 2.60. The van der Waals surface area contributed by atoms with Gasteiger partial charge in [0.05, 0.1) is 23.4 Å². The molecule has 0 fully saturated rings. The van der Waals surface area contributed by atoms with Crippen molar-refractivity contribution < 1.29 is 26.4 Å². The number of carbonyl (C=O) groups is 1. The highest BCUT2D eigenvalue weighted by atomic mass is 32.2. The van der Waals surface area contributed by atoms with Crippen LogP contribution in [-0.2, 0) is 16.6 Å². The van der Waals surface area contributed by atoms with Crippen molar-refractivity contribution >= 4 is 21.6 Å². The minimum atomic E-state index is -4.09. The molecule has 3 aromatic rings. The van der Waals surface area contributed by atoms with Crippen LogP contribution in [0.15, 0.2) is 70.2 Å². The van der Waals surface area contributed by atoms with E-state index >= 15 is 0 Å². The average molecular weight is 392 g/mol. The summed E-state index contributed by atoms with van der Waals surface area (Å²) in [4.78, 5) is 12.0. The average Bonchev–Trinajstić information content (AvgIpc) is 3.16. The van der Waals surface area contributed by atoms with Crippen LogP contribution in [0.5, 0.6) is 0 Å². The number of hydrogen-bond donors (Lipinski definition) is 2. The lowest BCUT2D eigenvalue weighted by Crippen LogP contribution is -2.23. The number of halogens is 2. The van der Waals surface area contributed by atoms with Gasteiger partial charge < -0.3 is 9.73 Å². The Hall–Kier alpha value is -3.20. The van der Waals surface area contributed by atoms with Crippen LogP contribution >= 0.6 is 0 Å². The summed E-state index contributed by atoms with van der Waals surface area (Å²) < 4.78 is 58.4. The van der Waals surface area contributed by atoms with Crippen LogP contribution in [-0.4, -0.2) is 14.3 Å². The molecule has 0 bridgehead atoms. The van der Waals surface area contributed by atoms with Crippen LogP contribution < -0.4 is 10.0 Å². The van der Waals surface area contributed by atoms with E-state index in [2.05, 4.69) is 10.0 Å². The van der Waals surface area contributed by atoms with Crippen molar-refractivity contribution in [3.63, 3.8) is 0 Å². The molecule has 0 radical (unpaired) electrons. The molecule has 2 aromatic carbocycles. The number of anilines is 1. The zero-order valence-corrected chi connectivity index (χ0v) is 14.6. The topological polar surface area (TPSA) is 88.4 Å². The van der Waals surface area contributed by atoms with E-state index in [0.717, 1.165) is 18.2 Å². The van der Waals surface area contributed by atoms with Gasteiger partial charge >= 0.3 is 0 Å². The predicted molar refractivity (Wildman–Crippen MR) is 93.5 cm³/mol. The summed E-state index contributed by atoms with van der Waals surface area (Å²) in [6, 6.07) is 11.3. The van der Waals surface area contributed by atoms with E-state index < -0.39 is 27.6 Å². The molecular weight excluding hydrogens is 378 g/mol. The first-order valence-corrected chi connectivity index (χ1v) is 9.22. The van der Waals surface area contributed by atoms with Crippen molar-refractivity contribution in [1.29, 1.82) is 0 Å². The summed E-state index contributed by atoms with van der Waals surface area (Å²) in [7, 11) is -4.09. The second-order valence-electron chi connectivity index (χ2n) is 5.52. The van der Waals surface area contributed by atoms with Crippen molar-refractivity contribution in [3.05, 3.63) is 83.8 Å². The van der Waals surface area contributed by atoms with Crippen molar-refractivity contribution in [2.75, 3.05) is 4.72 Å². The first kappa shape index (κ1) is 18.6. The Morgan fingerprint density at radius 1 is 1.00 bits per heavy atom. The Labute approximate surface area is 153 Å². The Morgan fingerprint density at radius 3 is 2.52 bits per heavy atom. The van der Waals surface area contributed by atoms with E-state index in [1.165, 1.54) is 30.5 Å². The molecule has 6 nitrogen and oxygen atoms in total. The number of benzene rings is 2. The van der Waals surface area contributed by atoms with E-state index in [-0.39, 0.29) is 22.7 Å². The lowest BCUT2D eigenvalue weighted by Gasteiger charge is -2.10.